The second-order valence-electron chi connectivity index (χ2n) is 6.78. The lowest BCUT2D eigenvalue weighted by molar-refractivity contribution is -0.109. The number of fused-ring (bicyclic) bond motifs is 1. The first-order chi connectivity index (χ1) is 13.3. The van der Waals surface area contributed by atoms with Gasteiger partial charge in [-0.15, -0.1) is 0 Å². The van der Waals surface area contributed by atoms with E-state index in [2.05, 4.69) is 17.0 Å². The molecule has 142 valence electrons. The van der Waals surface area contributed by atoms with Crippen LogP contribution in [0.25, 0.3) is 0 Å². The lowest BCUT2D eigenvalue weighted by Crippen LogP contribution is -2.35. The van der Waals surface area contributed by atoms with E-state index in [0.717, 1.165) is 36.5 Å². The summed E-state index contributed by atoms with van der Waals surface area (Å²) >= 11 is 0. The average Bonchev–Trinajstić information content (AvgIpc) is 3.33. The van der Waals surface area contributed by atoms with E-state index in [4.69, 9.17) is 18.9 Å². The Kier molecular flexibility index (Phi) is 5.16. The monoisotopic (exact) mass is 369 g/mol. The number of likely N-dealkylation sites (tertiary alicyclic amines) is 1. The van der Waals surface area contributed by atoms with Gasteiger partial charge in [-0.3, -0.25) is 4.90 Å². The molecule has 0 amide bonds. The fourth-order valence-electron chi connectivity index (χ4n) is 3.81. The normalized spacial score (nSPS) is 21.2. The highest BCUT2D eigenvalue weighted by molar-refractivity contribution is 5.52. The fourth-order valence-corrected chi connectivity index (χ4v) is 3.81. The summed E-state index contributed by atoms with van der Waals surface area (Å²) in [5, 5.41) is 0. The lowest BCUT2D eigenvalue weighted by atomic mass is 9.96. The molecule has 27 heavy (non-hydrogen) atoms. The van der Waals surface area contributed by atoms with E-state index >= 15 is 0 Å². The van der Waals surface area contributed by atoms with Crippen molar-refractivity contribution in [3.05, 3.63) is 48.0 Å². The Hall–Kier alpha value is -2.73. The number of ether oxygens (including phenoxy) is 4. The van der Waals surface area contributed by atoms with Gasteiger partial charge in [0.15, 0.2) is 23.0 Å². The van der Waals surface area contributed by atoms with Gasteiger partial charge in [0.25, 0.3) is 0 Å². The molecule has 6 heteroatoms. The fraction of sp³-hybridized carbons (Fsp3) is 0.381. The maximum Gasteiger partial charge on any atom is 0.231 e. The van der Waals surface area contributed by atoms with Gasteiger partial charge in [-0.05, 0) is 42.2 Å². The van der Waals surface area contributed by atoms with Crippen LogP contribution in [0, 0.1) is 0 Å². The summed E-state index contributed by atoms with van der Waals surface area (Å²) in [6.45, 7) is 2.00. The second kappa shape index (κ2) is 7.88. The predicted molar refractivity (Wildman–Crippen MR) is 99.8 cm³/mol. The molecule has 2 unspecified atom stereocenters. The van der Waals surface area contributed by atoms with Crippen molar-refractivity contribution in [1.82, 2.24) is 4.90 Å². The van der Waals surface area contributed by atoms with Gasteiger partial charge in [0.05, 0.1) is 13.7 Å². The van der Waals surface area contributed by atoms with Gasteiger partial charge in [0.1, 0.15) is 12.9 Å². The summed E-state index contributed by atoms with van der Waals surface area (Å²) in [6, 6.07) is 13.9. The second-order valence-corrected chi connectivity index (χ2v) is 6.78. The Labute approximate surface area is 158 Å². The molecule has 2 atom stereocenters. The van der Waals surface area contributed by atoms with Crippen LogP contribution in [-0.2, 0) is 4.79 Å². The Balaban J connectivity index is 1.46. The first kappa shape index (κ1) is 17.7. The number of methoxy groups -OCH3 is 1. The first-order valence-electron chi connectivity index (χ1n) is 9.11. The van der Waals surface area contributed by atoms with Gasteiger partial charge in [-0.25, -0.2) is 0 Å². The minimum Gasteiger partial charge on any atom is -0.493 e. The molecular weight excluding hydrogens is 346 g/mol. The summed E-state index contributed by atoms with van der Waals surface area (Å²) in [4.78, 5) is 13.3. The van der Waals surface area contributed by atoms with Crippen molar-refractivity contribution in [2.45, 2.75) is 18.4 Å². The van der Waals surface area contributed by atoms with Crippen LogP contribution in [0.5, 0.6) is 23.0 Å². The standard InChI is InChI=1S/C21H23NO5/c1-24-18-4-2-3-5-19(18)25-13-17-10-16(12-22(17)8-9-23)15-6-7-20-21(11-15)27-14-26-20/h2-7,9,11,16-17H,8,10,12-14H2,1H3. The number of para-hydroxylation sites is 2. The van der Waals surface area contributed by atoms with E-state index in [1.807, 2.05) is 30.3 Å². The van der Waals surface area contributed by atoms with E-state index in [0.29, 0.717) is 24.8 Å². The van der Waals surface area contributed by atoms with Crippen molar-refractivity contribution in [2.24, 2.45) is 0 Å². The molecule has 1 fully saturated rings. The smallest absolute Gasteiger partial charge is 0.231 e. The molecule has 0 saturated carbocycles. The summed E-state index contributed by atoms with van der Waals surface area (Å²) in [5.41, 5.74) is 1.20. The average molecular weight is 369 g/mol. The minimum absolute atomic E-state index is 0.163. The van der Waals surface area contributed by atoms with Gasteiger partial charge in [-0.2, -0.15) is 0 Å². The molecule has 6 nitrogen and oxygen atoms in total. The highest BCUT2D eigenvalue weighted by atomic mass is 16.7. The zero-order valence-electron chi connectivity index (χ0n) is 15.3. The van der Waals surface area contributed by atoms with Crippen LogP contribution in [0.3, 0.4) is 0 Å². The van der Waals surface area contributed by atoms with Gasteiger partial charge in [0, 0.05) is 12.6 Å². The van der Waals surface area contributed by atoms with Crippen LogP contribution in [0.1, 0.15) is 17.9 Å². The number of nitrogens with zero attached hydrogens (tertiary/aromatic N) is 1. The molecule has 0 aromatic heterocycles. The maximum atomic E-state index is 11.1. The zero-order chi connectivity index (χ0) is 18.6. The molecule has 2 aromatic carbocycles. The Morgan fingerprint density at radius 2 is 1.96 bits per heavy atom. The minimum atomic E-state index is 0.163. The topological polar surface area (TPSA) is 57.2 Å². The zero-order valence-corrected chi connectivity index (χ0v) is 15.3. The summed E-state index contributed by atoms with van der Waals surface area (Å²) < 4.78 is 22.3. The lowest BCUT2D eigenvalue weighted by Gasteiger charge is -2.22. The predicted octanol–water partition coefficient (Wildman–Crippen LogP) is 2.86. The largest absolute Gasteiger partial charge is 0.493 e. The van der Waals surface area contributed by atoms with Gasteiger partial charge in [-0.1, -0.05) is 18.2 Å². The van der Waals surface area contributed by atoms with E-state index in [1.54, 1.807) is 7.11 Å². The van der Waals surface area contributed by atoms with Crippen molar-refractivity contribution in [1.29, 1.82) is 0 Å². The van der Waals surface area contributed by atoms with E-state index in [-0.39, 0.29) is 12.8 Å². The summed E-state index contributed by atoms with van der Waals surface area (Å²) in [6.07, 6.45) is 1.88. The van der Waals surface area contributed by atoms with Crippen molar-refractivity contribution < 1.29 is 23.7 Å². The molecular formula is C21H23NO5. The highest BCUT2D eigenvalue weighted by Crippen LogP contribution is 2.38. The van der Waals surface area contributed by atoms with Crippen molar-refractivity contribution in [3.63, 3.8) is 0 Å². The number of benzene rings is 2. The quantitative estimate of drug-likeness (QED) is 0.700. The van der Waals surface area contributed by atoms with Crippen molar-refractivity contribution in [3.8, 4) is 23.0 Å². The number of hydrogen-bond donors (Lipinski definition) is 0. The maximum absolute atomic E-state index is 11.1. The molecule has 2 aliphatic heterocycles. The van der Waals surface area contributed by atoms with Crippen molar-refractivity contribution in [2.75, 3.05) is 33.6 Å². The third kappa shape index (κ3) is 3.71. The van der Waals surface area contributed by atoms with Crippen molar-refractivity contribution >= 4 is 6.29 Å². The first-order valence-corrected chi connectivity index (χ1v) is 9.11. The van der Waals surface area contributed by atoms with Crippen LogP contribution in [-0.4, -0.2) is 50.8 Å². The summed E-state index contributed by atoms with van der Waals surface area (Å²) in [7, 11) is 1.63. The highest BCUT2D eigenvalue weighted by Gasteiger charge is 2.34. The molecule has 0 N–H and O–H groups in total. The third-order valence-electron chi connectivity index (χ3n) is 5.21. The molecule has 2 heterocycles. The molecule has 0 aliphatic carbocycles. The van der Waals surface area contributed by atoms with Gasteiger partial charge >= 0.3 is 0 Å². The van der Waals surface area contributed by atoms with Crippen LogP contribution in [0.4, 0.5) is 0 Å². The number of carbonyl (C=O) groups is 1. The van der Waals surface area contributed by atoms with Crippen LogP contribution in [0.15, 0.2) is 42.5 Å². The molecule has 0 bridgehead atoms. The SMILES string of the molecule is COc1ccccc1OCC1CC(c2ccc3c(c2)OCO3)CN1CC=O. The van der Waals surface area contributed by atoms with Crippen LogP contribution in [0.2, 0.25) is 0 Å². The Morgan fingerprint density at radius 3 is 2.78 bits per heavy atom. The number of hydrogen-bond acceptors (Lipinski definition) is 6. The molecule has 4 rings (SSSR count). The van der Waals surface area contributed by atoms with Gasteiger partial charge < -0.3 is 23.7 Å². The molecule has 0 radical (unpaired) electrons. The van der Waals surface area contributed by atoms with E-state index in [1.165, 1.54) is 5.56 Å². The number of carbonyl (C=O) groups excluding carboxylic acids is 1. The molecule has 0 spiro atoms. The number of rotatable bonds is 7. The van der Waals surface area contributed by atoms with Gasteiger partial charge in [0.2, 0.25) is 6.79 Å². The van der Waals surface area contributed by atoms with E-state index in [9.17, 15) is 4.79 Å². The Morgan fingerprint density at radius 1 is 1.15 bits per heavy atom. The van der Waals surface area contributed by atoms with E-state index < -0.39 is 0 Å². The molecule has 2 aromatic rings. The van der Waals surface area contributed by atoms with Crippen LogP contribution >= 0.6 is 0 Å². The third-order valence-corrected chi connectivity index (χ3v) is 5.21. The Bertz CT molecular complexity index is 809. The molecule has 2 aliphatic rings. The summed E-state index contributed by atoms with van der Waals surface area (Å²) in [5.74, 6) is 3.34. The molecule has 1 saturated heterocycles. The van der Waals surface area contributed by atoms with Crippen LogP contribution < -0.4 is 18.9 Å². The number of aldehydes is 1.